The van der Waals surface area contributed by atoms with E-state index in [1.54, 1.807) is 12.1 Å². The molecule has 0 aliphatic rings. The lowest BCUT2D eigenvalue weighted by molar-refractivity contribution is -0.118. The Morgan fingerprint density at radius 2 is 1.83 bits per heavy atom. The third-order valence-electron chi connectivity index (χ3n) is 3.08. The van der Waals surface area contributed by atoms with Gasteiger partial charge in [-0.3, -0.25) is 10.1 Å². The Balaban J connectivity index is 1.58. The van der Waals surface area contributed by atoms with Gasteiger partial charge in [-0.2, -0.15) is 0 Å². The fourth-order valence-corrected chi connectivity index (χ4v) is 1.91. The van der Waals surface area contributed by atoms with Gasteiger partial charge in [-0.1, -0.05) is 41.0 Å². The van der Waals surface area contributed by atoms with Crippen molar-refractivity contribution in [3.8, 4) is 17.2 Å². The van der Waals surface area contributed by atoms with E-state index < -0.39 is 0 Å². The maximum atomic E-state index is 11.8. The molecule has 6 heteroatoms. The SMILES string of the molecule is Cc1ccc(-c2nnc(NC(=O)COc3ccccc3)o2)cc1. The number of benzene rings is 2. The summed E-state index contributed by atoms with van der Waals surface area (Å²) >= 11 is 0. The van der Waals surface area contributed by atoms with Gasteiger partial charge in [0.15, 0.2) is 6.61 Å². The van der Waals surface area contributed by atoms with E-state index in [1.165, 1.54) is 0 Å². The molecule has 1 N–H and O–H groups in total. The number of rotatable bonds is 5. The van der Waals surface area contributed by atoms with Crippen LogP contribution in [0.1, 0.15) is 5.56 Å². The lowest BCUT2D eigenvalue weighted by Gasteiger charge is -2.04. The van der Waals surface area contributed by atoms with Crippen LogP contribution in [0.2, 0.25) is 0 Å². The lowest BCUT2D eigenvalue weighted by Crippen LogP contribution is -2.20. The van der Waals surface area contributed by atoms with E-state index in [1.807, 2.05) is 49.4 Å². The number of anilines is 1. The Hall–Kier alpha value is -3.15. The van der Waals surface area contributed by atoms with Gasteiger partial charge in [-0.15, -0.1) is 5.10 Å². The predicted molar refractivity (Wildman–Crippen MR) is 85.0 cm³/mol. The molecule has 3 aromatic rings. The largest absolute Gasteiger partial charge is 0.484 e. The highest BCUT2D eigenvalue weighted by Gasteiger charge is 2.11. The third-order valence-corrected chi connectivity index (χ3v) is 3.08. The molecule has 0 radical (unpaired) electrons. The van der Waals surface area contributed by atoms with Crippen molar-refractivity contribution in [3.05, 3.63) is 60.2 Å². The molecule has 0 saturated carbocycles. The number of amides is 1. The normalized spacial score (nSPS) is 10.3. The van der Waals surface area contributed by atoms with Crippen molar-refractivity contribution in [2.24, 2.45) is 0 Å². The molecule has 23 heavy (non-hydrogen) atoms. The number of nitrogens with zero attached hydrogens (tertiary/aromatic N) is 2. The average Bonchev–Trinajstić information content (AvgIpc) is 3.03. The van der Waals surface area contributed by atoms with Crippen molar-refractivity contribution in [1.82, 2.24) is 10.2 Å². The van der Waals surface area contributed by atoms with Gasteiger partial charge in [0, 0.05) is 5.56 Å². The molecule has 0 spiro atoms. The number of aryl methyl sites for hydroxylation is 1. The number of para-hydroxylation sites is 1. The quantitative estimate of drug-likeness (QED) is 0.783. The molecule has 0 saturated heterocycles. The third kappa shape index (κ3) is 3.94. The molecule has 0 bridgehead atoms. The lowest BCUT2D eigenvalue weighted by atomic mass is 10.1. The number of hydrogen-bond donors (Lipinski definition) is 1. The first kappa shape index (κ1) is 14.8. The van der Waals surface area contributed by atoms with Crippen LogP contribution in [0.3, 0.4) is 0 Å². The minimum absolute atomic E-state index is 0.0437. The van der Waals surface area contributed by atoms with Gasteiger partial charge in [0.2, 0.25) is 5.89 Å². The van der Waals surface area contributed by atoms with Gasteiger partial charge in [0.1, 0.15) is 5.75 Å². The minimum Gasteiger partial charge on any atom is -0.484 e. The van der Waals surface area contributed by atoms with Crippen LogP contribution < -0.4 is 10.1 Å². The fraction of sp³-hybridized carbons (Fsp3) is 0.118. The summed E-state index contributed by atoms with van der Waals surface area (Å²) in [6.45, 7) is 1.86. The summed E-state index contributed by atoms with van der Waals surface area (Å²) in [7, 11) is 0. The van der Waals surface area contributed by atoms with E-state index in [-0.39, 0.29) is 18.5 Å². The highest BCUT2D eigenvalue weighted by Crippen LogP contribution is 2.20. The van der Waals surface area contributed by atoms with Crippen molar-refractivity contribution >= 4 is 11.9 Å². The Morgan fingerprint density at radius 3 is 2.57 bits per heavy atom. The minimum atomic E-state index is -0.368. The molecule has 1 heterocycles. The van der Waals surface area contributed by atoms with Crippen molar-refractivity contribution in [2.75, 3.05) is 11.9 Å². The first-order chi connectivity index (χ1) is 11.2. The molecular formula is C17H15N3O3. The fourth-order valence-electron chi connectivity index (χ4n) is 1.91. The van der Waals surface area contributed by atoms with Crippen molar-refractivity contribution in [3.63, 3.8) is 0 Å². The molecule has 3 rings (SSSR count). The van der Waals surface area contributed by atoms with Gasteiger partial charge >= 0.3 is 6.01 Å². The van der Waals surface area contributed by atoms with Gasteiger partial charge < -0.3 is 9.15 Å². The maximum Gasteiger partial charge on any atom is 0.322 e. The van der Waals surface area contributed by atoms with Crippen molar-refractivity contribution in [2.45, 2.75) is 6.92 Å². The Kier molecular flexibility index (Phi) is 4.33. The zero-order valence-corrected chi connectivity index (χ0v) is 12.5. The Bertz CT molecular complexity index is 782. The van der Waals surface area contributed by atoms with Crippen LogP contribution >= 0.6 is 0 Å². The first-order valence-corrected chi connectivity index (χ1v) is 7.09. The van der Waals surface area contributed by atoms with E-state index in [2.05, 4.69) is 15.5 Å². The number of carbonyl (C=O) groups excluding carboxylic acids is 1. The summed E-state index contributed by atoms with van der Waals surface area (Å²) in [5.74, 6) is 0.603. The predicted octanol–water partition coefficient (Wildman–Crippen LogP) is 3.06. The van der Waals surface area contributed by atoms with Crippen LogP contribution in [0.15, 0.2) is 59.0 Å². The molecule has 116 valence electrons. The summed E-state index contributed by atoms with van der Waals surface area (Å²) in [6, 6.07) is 16.8. The van der Waals surface area contributed by atoms with Crippen LogP contribution in [0.5, 0.6) is 5.75 Å². The molecule has 0 fully saturated rings. The van der Waals surface area contributed by atoms with Crippen molar-refractivity contribution < 1.29 is 13.9 Å². The maximum absolute atomic E-state index is 11.8. The molecule has 6 nitrogen and oxygen atoms in total. The molecular weight excluding hydrogens is 294 g/mol. The molecule has 1 amide bonds. The van der Waals surface area contributed by atoms with Crippen LogP contribution in [0, 0.1) is 6.92 Å². The highest BCUT2D eigenvalue weighted by atomic mass is 16.5. The molecule has 1 aromatic heterocycles. The molecule has 0 aliphatic heterocycles. The summed E-state index contributed by atoms with van der Waals surface area (Å²) in [5, 5.41) is 10.2. The van der Waals surface area contributed by atoms with Crippen LogP contribution in [0.25, 0.3) is 11.5 Å². The zero-order valence-electron chi connectivity index (χ0n) is 12.5. The van der Waals surface area contributed by atoms with Crippen LogP contribution in [0.4, 0.5) is 6.01 Å². The summed E-state index contributed by atoms with van der Waals surface area (Å²) in [6.07, 6.45) is 0. The summed E-state index contributed by atoms with van der Waals surface area (Å²) in [5.41, 5.74) is 1.93. The Morgan fingerprint density at radius 1 is 1.09 bits per heavy atom. The van der Waals surface area contributed by atoms with Gasteiger partial charge in [-0.05, 0) is 31.2 Å². The number of hydrogen-bond acceptors (Lipinski definition) is 5. The van der Waals surface area contributed by atoms with E-state index in [0.29, 0.717) is 11.6 Å². The Labute approximate surface area is 133 Å². The standard InChI is InChI=1S/C17H15N3O3/c1-12-7-9-13(10-8-12)16-19-20-17(23-16)18-15(21)11-22-14-5-3-2-4-6-14/h2-10H,11H2,1H3,(H,18,20,21). The average molecular weight is 309 g/mol. The second-order valence-electron chi connectivity index (χ2n) is 4.93. The zero-order chi connectivity index (χ0) is 16.1. The number of ether oxygens (including phenoxy) is 1. The van der Waals surface area contributed by atoms with E-state index in [9.17, 15) is 4.79 Å². The van der Waals surface area contributed by atoms with Gasteiger partial charge in [0.05, 0.1) is 0 Å². The smallest absolute Gasteiger partial charge is 0.322 e. The molecule has 0 unspecified atom stereocenters. The number of aromatic nitrogens is 2. The van der Waals surface area contributed by atoms with Crippen LogP contribution in [-0.2, 0) is 4.79 Å². The highest BCUT2D eigenvalue weighted by molar-refractivity contribution is 5.89. The number of carbonyl (C=O) groups is 1. The first-order valence-electron chi connectivity index (χ1n) is 7.09. The topological polar surface area (TPSA) is 77.2 Å². The summed E-state index contributed by atoms with van der Waals surface area (Å²) in [4.78, 5) is 11.8. The van der Waals surface area contributed by atoms with E-state index >= 15 is 0 Å². The van der Waals surface area contributed by atoms with Crippen LogP contribution in [-0.4, -0.2) is 22.7 Å². The van der Waals surface area contributed by atoms with E-state index in [4.69, 9.17) is 9.15 Å². The van der Waals surface area contributed by atoms with Gasteiger partial charge in [0.25, 0.3) is 5.91 Å². The van der Waals surface area contributed by atoms with E-state index in [0.717, 1.165) is 11.1 Å². The molecule has 0 aliphatic carbocycles. The molecule has 0 atom stereocenters. The molecule has 2 aromatic carbocycles. The summed E-state index contributed by atoms with van der Waals surface area (Å²) < 4.78 is 10.8. The number of nitrogens with one attached hydrogen (secondary N) is 1. The van der Waals surface area contributed by atoms with Crippen molar-refractivity contribution in [1.29, 1.82) is 0 Å². The second kappa shape index (κ2) is 6.74. The monoisotopic (exact) mass is 309 g/mol. The van der Waals surface area contributed by atoms with Gasteiger partial charge in [-0.25, -0.2) is 0 Å². The second-order valence-corrected chi connectivity index (χ2v) is 4.93.